The molecule has 0 spiro atoms. The number of hydrogen-bond donors (Lipinski definition) is 1. The number of rotatable bonds is 6. The summed E-state index contributed by atoms with van der Waals surface area (Å²) in [5.74, 6) is 0. The van der Waals surface area contributed by atoms with Crippen LogP contribution in [0.25, 0.3) is 0 Å². The van der Waals surface area contributed by atoms with E-state index in [2.05, 4.69) is 17.4 Å². The standard InChI is InChI=1S/C15H25N3O2S/c1-16-10-5-11-17(2)21(19,20)18-12-8-14-6-3-4-7-15(14)9-13-18/h3-4,6-7,16H,5,8-13H2,1-2H3. The average molecular weight is 311 g/mol. The number of nitrogens with zero attached hydrogens (tertiary/aromatic N) is 2. The van der Waals surface area contributed by atoms with Crippen LogP contribution in [-0.2, 0) is 23.1 Å². The molecule has 0 saturated heterocycles. The van der Waals surface area contributed by atoms with E-state index < -0.39 is 10.2 Å². The van der Waals surface area contributed by atoms with Crippen LogP contribution in [0.1, 0.15) is 17.5 Å². The van der Waals surface area contributed by atoms with Gasteiger partial charge in [-0.15, -0.1) is 0 Å². The van der Waals surface area contributed by atoms with Gasteiger partial charge < -0.3 is 5.32 Å². The van der Waals surface area contributed by atoms with Crippen molar-refractivity contribution in [2.24, 2.45) is 0 Å². The molecule has 21 heavy (non-hydrogen) atoms. The molecule has 2 rings (SSSR count). The van der Waals surface area contributed by atoms with E-state index in [1.165, 1.54) is 15.4 Å². The van der Waals surface area contributed by atoms with Crippen LogP contribution in [-0.4, -0.2) is 57.3 Å². The highest BCUT2D eigenvalue weighted by Crippen LogP contribution is 2.18. The molecule has 118 valence electrons. The van der Waals surface area contributed by atoms with Crippen molar-refractivity contribution in [3.63, 3.8) is 0 Å². The maximum atomic E-state index is 12.6. The van der Waals surface area contributed by atoms with Gasteiger partial charge in [-0.3, -0.25) is 0 Å². The smallest absolute Gasteiger partial charge is 0.281 e. The lowest BCUT2D eigenvalue weighted by molar-refractivity contribution is 0.364. The number of hydrogen-bond acceptors (Lipinski definition) is 3. The lowest BCUT2D eigenvalue weighted by Crippen LogP contribution is -2.43. The van der Waals surface area contributed by atoms with Crippen molar-refractivity contribution in [2.45, 2.75) is 19.3 Å². The van der Waals surface area contributed by atoms with E-state index in [1.54, 1.807) is 11.4 Å². The van der Waals surface area contributed by atoms with Crippen molar-refractivity contribution in [3.8, 4) is 0 Å². The fourth-order valence-electron chi connectivity index (χ4n) is 2.67. The minimum Gasteiger partial charge on any atom is -0.320 e. The molecule has 6 heteroatoms. The Hall–Kier alpha value is -0.950. The monoisotopic (exact) mass is 311 g/mol. The molecule has 0 aromatic heterocycles. The van der Waals surface area contributed by atoms with Crippen molar-refractivity contribution in [2.75, 3.05) is 40.3 Å². The molecule has 0 aliphatic carbocycles. The second-order valence-electron chi connectivity index (χ2n) is 5.45. The second-order valence-corrected chi connectivity index (χ2v) is 7.49. The molecular weight excluding hydrogens is 286 g/mol. The van der Waals surface area contributed by atoms with Crippen LogP contribution >= 0.6 is 0 Å². The van der Waals surface area contributed by atoms with E-state index in [9.17, 15) is 8.42 Å². The molecule has 0 amide bonds. The van der Waals surface area contributed by atoms with Crippen LogP contribution in [0.15, 0.2) is 24.3 Å². The van der Waals surface area contributed by atoms with Crippen LogP contribution in [0.3, 0.4) is 0 Å². The molecule has 1 aliphatic rings. The Kier molecular flexibility index (Phi) is 5.75. The first-order valence-electron chi connectivity index (χ1n) is 7.48. The van der Waals surface area contributed by atoms with Crippen LogP contribution in [0.4, 0.5) is 0 Å². The molecule has 0 fully saturated rings. The third kappa shape index (κ3) is 4.03. The summed E-state index contributed by atoms with van der Waals surface area (Å²) in [6, 6.07) is 8.24. The van der Waals surface area contributed by atoms with E-state index >= 15 is 0 Å². The van der Waals surface area contributed by atoms with E-state index in [4.69, 9.17) is 0 Å². The first kappa shape index (κ1) is 16.4. The highest BCUT2D eigenvalue weighted by Gasteiger charge is 2.28. The molecule has 0 bridgehead atoms. The van der Waals surface area contributed by atoms with Gasteiger partial charge >= 0.3 is 0 Å². The molecule has 5 nitrogen and oxygen atoms in total. The Morgan fingerprint density at radius 2 is 1.76 bits per heavy atom. The maximum Gasteiger partial charge on any atom is 0.281 e. The van der Waals surface area contributed by atoms with Crippen LogP contribution in [0.2, 0.25) is 0 Å². The van der Waals surface area contributed by atoms with E-state index in [0.29, 0.717) is 19.6 Å². The molecule has 1 aromatic rings. The third-order valence-electron chi connectivity index (χ3n) is 4.00. The summed E-state index contributed by atoms with van der Waals surface area (Å²) in [6.07, 6.45) is 2.40. The summed E-state index contributed by atoms with van der Waals surface area (Å²) in [4.78, 5) is 0. The van der Waals surface area contributed by atoms with Gasteiger partial charge in [0.25, 0.3) is 10.2 Å². The fourth-order valence-corrected chi connectivity index (χ4v) is 4.07. The summed E-state index contributed by atoms with van der Waals surface area (Å²) >= 11 is 0. The average Bonchev–Trinajstić information content (AvgIpc) is 2.70. The first-order valence-corrected chi connectivity index (χ1v) is 8.88. The van der Waals surface area contributed by atoms with Gasteiger partial charge in [-0.2, -0.15) is 17.0 Å². The molecule has 0 radical (unpaired) electrons. The van der Waals surface area contributed by atoms with Crippen molar-refractivity contribution in [3.05, 3.63) is 35.4 Å². The molecule has 1 heterocycles. The predicted octanol–water partition coefficient (Wildman–Crippen LogP) is 0.873. The van der Waals surface area contributed by atoms with Crippen molar-refractivity contribution >= 4 is 10.2 Å². The van der Waals surface area contributed by atoms with E-state index in [1.807, 2.05) is 19.2 Å². The number of fused-ring (bicyclic) bond motifs is 1. The summed E-state index contributed by atoms with van der Waals surface area (Å²) < 4.78 is 28.3. The normalized spacial score (nSPS) is 16.7. The fraction of sp³-hybridized carbons (Fsp3) is 0.600. The van der Waals surface area contributed by atoms with Gasteiger partial charge in [0.2, 0.25) is 0 Å². The summed E-state index contributed by atoms with van der Waals surface area (Å²) in [5, 5.41) is 3.04. The van der Waals surface area contributed by atoms with Crippen molar-refractivity contribution in [1.29, 1.82) is 0 Å². The highest BCUT2D eigenvalue weighted by molar-refractivity contribution is 7.86. The van der Waals surface area contributed by atoms with Gasteiger partial charge in [0.1, 0.15) is 0 Å². The second kappa shape index (κ2) is 7.35. The Bertz CT molecular complexity index is 533. The highest BCUT2D eigenvalue weighted by atomic mass is 32.2. The molecule has 0 atom stereocenters. The minimum atomic E-state index is -3.34. The van der Waals surface area contributed by atoms with Gasteiger partial charge in [-0.1, -0.05) is 24.3 Å². The Morgan fingerprint density at radius 1 is 1.19 bits per heavy atom. The maximum absolute atomic E-state index is 12.6. The molecular formula is C15H25N3O2S. The molecule has 0 saturated carbocycles. The lowest BCUT2D eigenvalue weighted by Gasteiger charge is -2.26. The quantitative estimate of drug-likeness (QED) is 0.793. The van der Waals surface area contributed by atoms with E-state index in [0.717, 1.165) is 25.8 Å². The first-order chi connectivity index (χ1) is 10.1. The zero-order chi connectivity index (χ0) is 15.3. The summed E-state index contributed by atoms with van der Waals surface area (Å²) in [7, 11) is 0.201. The van der Waals surface area contributed by atoms with Gasteiger partial charge in [0, 0.05) is 26.7 Å². The van der Waals surface area contributed by atoms with Gasteiger partial charge in [0.15, 0.2) is 0 Å². The van der Waals surface area contributed by atoms with Crippen molar-refractivity contribution < 1.29 is 8.42 Å². The number of benzene rings is 1. The van der Waals surface area contributed by atoms with Gasteiger partial charge in [-0.25, -0.2) is 0 Å². The Morgan fingerprint density at radius 3 is 2.29 bits per heavy atom. The largest absolute Gasteiger partial charge is 0.320 e. The molecule has 1 aromatic carbocycles. The lowest BCUT2D eigenvalue weighted by atomic mass is 10.0. The molecule has 1 aliphatic heterocycles. The van der Waals surface area contributed by atoms with Crippen LogP contribution in [0.5, 0.6) is 0 Å². The zero-order valence-electron chi connectivity index (χ0n) is 12.9. The molecule has 0 unspecified atom stereocenters. The topological polar surface area (TPSA) is 52.7 Å². The van der Waals surface area contributed by atoms with Gasteiger partial charge in [0.05, 0.1) is 0 Å². The van der Waals surface area contributed by atoms with Crippen LogP contribution in [0, 0.1) is 0 Å². The third-order valence-corrected chi connectivity index (χ3v) is 5.99. The minimum absolute atomic E-state index is 0.548. The Balaban J connectivity index is 2.02. The van der Waals surface area contributed by atoms with Crippen LogP contribution < -0.4 is 5.32 Å². The summed E-state index contributed by atoms with van der Waals surface area (Å²) in [5.41, 5.74) is 2.54. The zero-order valence-corrected chi connectivity index (χ0v) is 13.7. The van der Waals surface area contributed by atoms with Gasteiger partial charge in [-0.05, 0) is 44.0 Å². The number of nitrogens with one attached hydrogen (secondary N) is 1. The summed E-state index contributed by atoms with van der Waals surface area (Å²) in [6.45, 7) is 2.50. The predicted molar refractivity (Wildman–Crippen MR) is 85.5 cm³/mol. The van der Waals surface area contributed by atoms with Crippen molar-refractivity contribution in [1.82, 2.24) is 13.9 Å². The Labute approximate surface area is 128 Å². The van der Waals surface area contributed by atoms with E-state index in [-0.39, 0.29) is 0 Å². The molecule has 1 N–H and O–H groups in total. The SMILES string of the molecule is CNCCCN(C)S(=O)(=O)N1CCc2ccccc2CC1.